The molecule has 2 aliphatic rings. The lowest BCUT2D eigenvalue weighted by molar-refractivity contribution is -0.751. The van der Waals surface area contributed by atoms with Crippen molar-refractivity contribution in [3.63, 3.8) is 0 Å². The van der Waals surface area contributed by atoms with Crippen molar-refractivity contribution in [3.05, 3.63) is 29.6 Å². The van der Waals surface area contributed by atoms with Gasteiger partial charge in [-0.3, -0.25) is 14.5 Å². The smallest absolute Gasteiger partial charge is 0.352 e. The van der Waals surface area contributed by atoms with E-state index in [1.165, 1.54) is 11.8 Å². The van der Waals surface area contributed by atoms with Crippen LogP contribution in [-0.4, -0.2) is 61.3 Å². The molecule has 0 aliphatic carbocycles. The van der Waals surface area contributed by atoms with Crippen molar-refractivity contribution in [3.8, 4) is 5.95 Å². The Labute approximate surface area is 154 Å². The summed E-state index contributed by atoms with van der Waals surface area (Å²) in [6.07, 6.45) is 2.90. The fraction of sp³-hybridized carbons (Fsp3) is 0.286. The second-order valence-corrected chi connectivity index (χ2v) is 6.63. The van der Waals surface area contributed by atoms with Gasteiger partial charge in [-0.2, -0.15) is 0 Å². The molecule has 2 atom stereocenters. The summed E-state index contributed by atoms with van der Waals surface area (Å²) in [5.74, 6) is -4.42. The molecule has 1 fully saturated rings. The lowest BCUT2D eigenvalue weighted by atomic mass is 10.0. The molecule has 3 N–H and O–H groups in total. The van der Waals surface area contributed by atoms with Gasteiger partial charge in [0.1, 0.15) is 23.1 Å². The third kappa shape index (κ3) is 3.62. The van der Waals surface area contributed by atoms with E-state index in [-0.39, 0.29) is 23.6 Å². The maximum atomic E-state index is 12.4. The fourth-order valence-electron chi connectivity index (χ4n) is 2.65. The van der Waals surface area contributed by atoms with Gasteiger partial charge < -0.3 is 25.2 Å². The van der Waals surface area contributed by atoms with Gasteiger partial charge in [-0.25, -0.2) is 9.59 Å². The summed E-state index contributed by atoms with van der Waals surface area (Å²) in [4.78, 5) is 47.6. The summed E-state index contributed by atoms with van der Waals surface area (Å²) in [7, 11) is 0. The Morgan fingerprint density at radius 2 is 2.22 bits per heavy atom. The molecule has 0 spiro atoms. The number of nitrogens with one attached hydrogen (secondary N) is 1. The van der Waals surface area contributed by atoms with E-state index in [1.54, 1.807) is 0 Å². The second-order valence-electron chi connectivity index (χ2n) is 5.52. The highest BCUT2D eigenvalue weighted by molar-refractivity contribution is 8.00. The molecule has 3 rings (SSSR count). The number of thioether (sulfide) groups is 1. The molecule has 1 aromatic heterocycles. The van der Waals surface area contributed by atoms with Crippen LogP contribution in [0, 0.1) is 0 Å². The van der Waals surface area contributed by atoms with Crippen LogP contribution in [0.2, 0.25) is 0 Å². The third-order valence-electron chi connectivity index (χ3n) is 3.74. The number of carbonyl (C=O) groups is 4. The number of fused-ring (bicyclic) bond motifs is 1. The summed E-state index contributed by atoms with van der Waals surface area (Å²) in [5.41, 5.74) is -0.126. The van der Waals surface area contributed by atoms with Crippen LogP contribution in [0.25, 0.3) is 0 Å². The number of hydrogen-bond acceptors (Lipinski definition) is 8. The van der Waals surface area contributed by atoms with E-state index in [2.05, 4.69) is 15.1 Å². The Bertz CT molecular complexity index is 891. The molecule has 2 aliphatic heterocycles. The molecular formula is C14H12N4O8S. The molecular weight excluding hydrogens is 384 g/mol. The van der Waals surface area contributed by atoms with Gasteiger partial charge in [-0.05, 0) is 11.6 Å². The lowest BCUT2D eigenvalue weighted by Gasteiger charge is -2.49. The van der Waals surface area contributed by atoms with Crippen molar-refractivity contribution in [1.82, 2.24) is 15.5 Å². The number of nitrogens with zero attached hydrogens (tertiary/aromatic N) is 3. The van der Waals surface area contributed by atoms with Gasteiger partial charge in [0.25, 0.3) is 18.4 Å². The summed E-state index contributed by atoms with van der Waals surface area (Å²) >= 11 is 1.19. The van der Waals surface area contributed by atoms with Crippen LogP contribution in [0.4, 0.5) is 0 Å². The molecule has 1 aromatic rings. The number of aromatic nitrogens is 2. The highest BCUT2D eigenvalue weighted by atomic mass is 32.2. The van der Waals surface area contributed by atoms with Gasteiger partial charge in [-0.15, -0.1) is 11.8 Å². The number of amides is 2. The molecule has 0 bridgehead atoms. The van der Waals surface area contributed by atoms with Gasteiger partial charge in [0.15, 0.2) is 0 Å². The topological polar surface area (TPSA) is 177 Å². The zero-order valence-corrected chi connectivity index (χ0v) is 14.2. The molecule has 1 unspecified atom stereocenters. The van der Waals surface area contributed by atoms with E-state index in [9.17, 15) is 29.4 Å². The normalized spacial score (nSPS) is 21.8. The number of rotatable bonds is 6. The number of allylic oxidation sites excluding steroid dienone is 1. The van der Waals surface area contributed by atoms with Crippen molar-refractivity contribution >= 4 is 35.5 Å². The van der Waals surface area contributed by atoms with E-state index < -0.39 is 41.1 Å². The predicted molar refractivity (Wildman–Crippen MR) is 82.6 cm³/mol. The monoisotopic (exact) mass is 396 g/mol. The van der Waals surface area contributed by atoms with E-state index in [0.717, 1.165) is 27.9 Å². The average Bonchev–Trinajstić information content (AvgIpc) is 3.01. The number of aliphatic carboxylic acids is 2. The molecule has 0 aromatic carbocycles. The Balaban J connectivity index is 1.72. The zero-order valence-electron chi connectivity index (χ0n) is 13.4. The Morgan fingerprint density at radius 3 is 2.81 bits per heavy atom. The quantitative estimate of drug-likeness (QED) is 0.263. The van der Waals surface area contributed by atoms with Crippen molar-refractivity contribution in [2.75, 3.05) is 5.75 Å². The Kier molecular flexibility index (Phi) is 4.85. The van der Waals surface area contributed by atoms with Gasteiger partial charge >= 0.3 is 11.9 Å². The van der Waals surface area contributed by atoms with Crippen LogP contribution in [0.1, 0.15) is 0 Å². The van der Waals surface area contributed by atoms with Crippen LogP contribution >= 0.6 is 11.8 Å². The summed E-state index contributed by atoms with van der Waals surface area (Å²) in [6, 6.07) is -0.943. The van der Waals surface area contributed by atoms with Crippen LogP contribution in [-0.2, 0) is 25.7 Å². The minimum atomic E-state index is -1.37. The maximum Gasteiger partial charge on any atom is 0.352 e. The van der Waals surface area contributed by atoms with Crippen molar-refractivity contribution < 1.29 is 43.7 Å². The van der Waals surface area contributed by atoms with Gasteiger partial charge in [-0.1, -0.05) is 4.68 Å². The Morgan fingerprint density at radius 1 is 1.48 bits per heavy atom. The number of β-lactam (4-membered cyclic amide) rings is 1. The van der Waals surface area contributed by atoms with Crippen molar-refractivity contribution in [2.24, 2.45) is 0 Å². The lowest BCUT2D eigenvalue weighted by Crippen LogP contribution is -2.71. The third-order valence-corrected chi connectivity index (χ3v) is 5.04. The fourth-order valence-corrected chi connectivity index (χ4v) is 3.96. The first kappa shape index (κ1) is 18.4. The van der Waals surface area contributed by atoms with Crippen molar-refractivity contribution in [2.45, 2.75) is 18.0 Å². The minimum absolute atomic E-state index is 0.157. The molecule has 3 heterocycles. The van der Waals surface area contributed by atoms with E-state index in [1.807, 2.05) is 0 Å². The van der Waals surface area contributed by atoms with Crippen molar-refractivity contribution in [1.29, 1.82) is 0 Å². The molecule has 13 heteroatoms. The summed E-state index contributed by atoms with van der Waals surface area (Å²) in [5, 5.41) is 34.1. The van der Waals surface area contributed by atoms with E-state index >= 15 is 0 Å². The van der Waals surface area contributed by atoms with E-state index in [0.29, 0.717) is 0 Å². The first-order valence-electron chi connectivity index (χ1n) is 7.43. The average molecular weight is 396 g/mol. The zero-order chi connectivity index (χ0) is 19.7. The predicted octanol–water partition coefficient (Wildman–Crippen LogP) is -2.58. The molecule has 142 valence electrons. The number of hydrogen-bond donors (Lipinski definition) is 3. The minimum Gasteiger partial charge on any atom is -0.539 e. The van der Waals surface area contributed by atoms with Gasteiger partial charge in [0, 0.05) is 11.8 Å². The molecule has 27 heavy (non-hydrogen) atoms. The highest BCUT2D eigenvalue weighted by Gasteiger charge is 2.54. The van der Waals surface area contributed by atoms with Crippen LogP contribution in [0.3, 0.4) is 0 Å². The first-order valence-corrected chi connectivity index (χ1v) is 8.47. The second kappa shape index (κ2) is 7.11. The molecule has 0 saturated carbocycles. The number of carboxylic acid groups (broad SMARTS) is 2. The molecule has 1 saturated heterocycles. The van der Waals surface area contributed by atoms with Gasteiger partial charge in [0.2, 0.25) is 6.20 Å². The molecule has 12 nitrogen and oxygen atoms in total. The SMILES string of the molecule is O=C(O)C=CC1=C(C(=O)O)N2C(=O)C(NC(=O)C[n+]3cc([O-])on3)[C@@H]2SC1. The first-order chi connectivity index (χ1) is 12.8. The van der Waals surface area contributed by atoms with Crippen LogP contribution in [0.15, 0.2) is 34.1 Å². The highest BCUT2D eigenvalue weighted by Crippen LogP contribution is 2.40. The summed E-state index contributed by atoms with van der Waals surface area (Å²) < 4.78 is 5.25. The summed E-state index contributed by atoms with van der Waals surface area (Å²) in [6.45, 7) is -0.346. The standard InChI is InChI=1S/C14H12N4O8S/c19-7(3-17-4-9(22)26-16-17)15-10-12(23)18-11(14(24)25)6(1-2-8(20)21)5-27-13(10)18/h1-2,4,10,13H,3,5H2,(H3-,15,16,19,20,21,22,24,25)/t10?,13-/m0/s1. The number of carbonyl (C=O) groups excluding carboxylic acids is 2. The Hall–Kier alpha value is -3.35. The van der Waals surface area contributed by atoms with Gasteiger partial charge in [0.05, 0.1) is 5.27 Å². The molecule has 2 amide bonds. The van der Waals surface area contributed by atoms with E-state index in [4.69, 9.17) is 5.11 Å². The molecule has 0 radical (unpaired) electrons. The van der Waals surface area contributed by atoms with Crippen LogP contribution in [0.5, 0.6) is 5.95 Å². The maximum absolute atomic E-state index is 12.4. The largest absolute Gasteiger partial charge is 0.539 e. The number of carboxylic acids is 2. The van der Waals surface area contributed by atoms with Crippen LogP contribution < -0.4 is 15.1 Å².